The zero-order valence-electron chi connectivity index (χ0n) is 12.4. The van der Waals surface area contributed by atoms with E-state index in [1.807, 2.05) is 12.1 Å². The molecule has 0 radical (unpaired) electrons. The van der Waals surface area contributed by atoms with Crippen LogP contribution in [0, 0.1) is 0 Å². The summed E-state index contributed by atoms with van der Waals surface area (Å²) in [5.74, 6) is 1.48. The van der Waals surface area contributed by atoms with E-state index in [2.05, 4.69) is 32.2 Å². The summed E-state index contributed by atoms with van der Waals surface area (Å²) in [5.41, 5.74) is 0.875. The molecule has 1 unspecified atom stereocenters. The molecule has 1 N–H and O–H groups in total. The average molecular weight is 265 g/mol. The molecule has 0 aliphatic carbocycles. The summed E-state index contributed by atoms with van der Waals surface area (Å²) in [6, 6.07) is 6.00. The van der Waals surface area contributed by atoms with Crippen molar-refractivity contribution >= 4 is 0 Å². The Morgan fingerprint density at radius 1 is 1.05 bits per heavy atom. The largest absolute Gasteiger partial charge is 0.493 e. The first-order chi connectivity index (χ1) is 8.90. The first-order valence-corrected chi connectivity index (χ1v) is 6.50. The summed E-state index contributed by atoms with van der Waals surface area (Å²) < 4.78 is 16.4. The molecule has 0 amide bonds. The Balaban J connectivity index is 2.35. The van der Waals surface area contributed by atoms with Crippen LogP contribution in [0.25, 0.3) is 0 Å². The fraction of sp³-hybridized carbons (Fsp3) is 0.600. The maximum absolute atomic E-state index is 5.75. The zero-order valence-corrected chi connectivity index (χ0v) is 12.4. The van der Waals surface area contributed by atoms with Gasteiger partial charge < -0.3 is 14.2 Å². The monoisotopic (exact) mass is 265 g/mol. The van der Waals surface area contributed by atoms with Crippen LogP contribution in [0.1, 0.15) is 26.3 Å². The molecule has 106 valence electrons. The van der Waals surface area contributed by atoms with Crippen LogP contribution in [0.3, 0.4) is 0 Å². The van der Waals surface area contributed by atoms with Gasteiger partial charge in [-0.25, -0.2) is 0 Å². The van der Waals surface area contributed by atoms with E-state index in [1.54, 1.807) is 14.2 Å². The van der Waals surface area contributed by atoms with E-state index < -0.39 is 0 Å². The number of rotatable bonds is 3. The van der Waals surface area contributed by atoms with Gasteiger partial charge >= 0.3 is 0 Å². The zero-order chi connectivity index (χ0) is 14.1. The average Bonchev–Trinajstić information content (AvgIpc) is 2.36. The molecule has 1 saturated heterocycles. The minimum absolute atomic E-state index is 0.0415. The minimum Gasteiger partial charge on any atom is -0.493 e. The van der Waals surface area contributed by atoms with Gasteiger partial charge in [-0.05, 0) is 38.5 Å². The Morgan fingerprint density at radius 2 is 1.74 bits per heavy atom. The summed E-state index contributed by atoms with van der Waals surface area (Å²) in [6.45, 7) is 7.80. The number of methoxy groups -OCH3 is 2. The predicted molar refractivity (Wildman–Crippen MR) is 74.9 cm³/mol. The van der Waals surface area contributed by atoms with Crippen molar-refractivity contribution in [3.05, 3.63) is 23.8 Å². The van der Waals surface area contributed by atoms with Gasteiger partial charge in [-0.2, -0.15) is 0 Å². The van der Waals surface area contributed by atoms with Gasteiger partial charge in [0.25, 0.3) is 0 Å². The van der Waals surface area contributed by atoms with Gasteiger partial charge in [-0.3, -0.25) is 5.32 Å². The topological polar surface area (TPSA) is 39.7 Å². The second kappa shape index (κ2) is 5.02. The van der Waals surface area contributed by atoms with Gasteiger partial charge in [0, 0.05) is 5.54 Å². The summed E-state index contributed by atoms with van der Waals surface area (Å²) >= 11 is 0. The van der Waals surface area contributed by atoms with Gasteiger partial charge in [0.15, 0.2) is 11.5 Å². The molecule has 0 bridgehead atoms. The van der Waals surface area contributed by atoms with E-state index in [-0.39, 0.29) is 11.1 Å². The highest BCUT2D eigenvalue weighted by Gasteiger charge is 2.38. The smallest absolute Gasteiger partial charge is 0.161 e. The molecule has 1 aliphatic rings. The molecule has 2 rings (SSSR count). The highest BCUT2D eigenvalue weighted by atomic mass is 16.5. The molecular formula is C15H23NO3. The lowest BCUT2D eigenvalue weighted by molar-refractivity contribution is -0.0264. The van der Waals surface area contributed by atoms with E-state index in [1.165, 1.54) is 0 Å². The van der Waals surface area contributed by atoms with Crippen LogP contribution in [0.4, 0.5) is 0 Å². The van der Waals surface area contributed by atoms with Crippen molar-refractivity contribution in [3.8, 4) is 11.5 Å². The first-order valence-electron chi connectivity index (χ1n) is 6.50. The van der Waals surface area contributed by atoms with Crippen molar-refractivity contribution in [2.24, 2.45) is 0 Å². The molecule has 0 saturated carbocycles. The lowest BCUT2D eigenvalue weighted by Gasteiger charge is -2.44. The summed E-state index contributed by atoms with van der Waals surface area (Å²) in [6.07, 6.45) is 0. The highest BCUT2D eigenvalue weighted by molar-refractivity contribution is 5.45. The molecule has 1 heterocycles. The van der Waals surface area contributed by atoms with E-state index in [4.69, 9.17) is 14.2 Å². The van der Waals surface area contributed by atoms with E-state index in [9.17, 15) is 0 Å². The van der Waals surface area contributed by atoms with Crippen molar-refractivity contribution in [3.63, 3.8) is 0 Å². The normalized spacial score (nSPS) is 25.9. The molecule has 1 aliphatic heterocycles. The fourth-order valence-electron chi connectivity index (χ4n) is 2.66. The number of hydrogen-bond donors (Lipinski definition) is 1. The highest BCUT2D eigenvalue weighted by Crippen LogP contribution is 2.34. The lowest BCUT2D eigenvalue weighted by atomic mass is 9.87. The van der Waals surface area contributed by atoms with Crippen molar-refractivity contribution in [2.45, 2.75) is 31.8 Å². The van der Waals surface area contributed by atoms with Crippen LogP contribution in [0.5, 0.6) is 11.5 Å². The van der Waals surface area contributed by atoms with Gasteiger partial charge in [0.1, 0.15) is 0 Å². The van der Waals surface area contributed by atoms with E-state index >= 15 is 0 Å². The van der Waals surface area contributed by atoms with Gasteiger partial charge in [0.05, 0.1) is 33.0 Å². The second-order valence-electron chi connectivity index (χ2n) is 5.90. The Labute approximate surface area is 115 Å². The van der Waals surface area contributed by atoms with Crippen molar-refractivity contribution in [1.82, 2.24) is 5.32 Å². The Bertz CT molecular complexity index is 459. The fourth-order valence-corrected chi connectivity index (χ4v) is 2.66. The summed E-state index contributed by atoms with van der Waals surface area (Å²) in [5, 5.41) is 3.65. The van der Waals surface area contributed by atoms with Crippen LogP contribution < -0.4 is 14.8 Å². The molecule has 4 heteroatoms. The molecule has 19 heavy (non-hydrogen) atoms. The van der Waals surface area contributed by atoms with Crippen LogP contribution in [-0.2, 0) is 10.3 Å². The molecule has 1 fully saturated rings. The third-order valence-corrected chi connectivity index (χ3v) is 3.49. The second-order valence-corrected chi connectivity index (χ2v) is 5.90. The predicted octanol–water partition coefficient (Wildman–Crippen LogP) is 2.32. The third kappa shape index (κ3) is 2.85. The van der Waals surface area contributed by atoms with Crippen LogP contribution in [0.2, 0.25) is 0 Å². The van der Waals surface area contributed by atoms with Crippen molar-refractivity contribution < 1.29 is 14.2 Å². The molecular weight excluding hydrogens is 242 g/mol. The Hall–Kier alpha value is -1.26. The Kier molecular flexibility index (Phi) is 3.74. The number of nitrogens with one attached hydrogen (secondary N) is 1. The maximum Gasteiger partial charge on any atom is 0.161 e. The minimum atomic E-state index is -0.221. The number of ether oxygens (including phenoxy) is 3. The SMILES string of the molecule is COc1ccc(C2(C)COCC(C)(C)N2)cc1OC. The van der Waals surface area contributed by atoms with Crippen molar-refractivity contribution in [1.29, 1.82) is 0 Å². The van der Waals surface area contributed by atoms with Crippen molar-refractivity contribution in [2.75, 3.05) is 27.4 Å². The van der Waals surface area contributed by atoms with E-state index in [0.717, 1.165) is 23.7 Å². The van der Waals surface area contributed by atoms with Crippen LogP contribution >= 0.6 is 0 Å². The Morgan fingerprint density at radius 3 is 2.32 bits per heavy atom. The molecule has 1 aromatic rings. The summed E-state index contributed by atoms with van der Waals surface area (Å²) in [4.78, 5) is 0. The number of benzene rings is 1. The number of hydrogen-bond acceptors (Lipinski definition) is 4. The van der Waals surface area contributed by atoms with Crippen LogP contribution in [-0.4, -0.2) is 33.0 Å². The molecule has 1 aromatic carbocycles. The molecule has 4 nitrogen and oxygen atoms in total. The molecule has 1 atom stereocenters. The van der Waals surface area contributed by atoms with E-state index in [0.29, 0.717) is 6.61 Å². The standard InChI is InChI=1S/C15H23NO3/c1-14(2)9-19-10-15(3,16-14)11-6-7-12(17-4)13(8-11)18-5/h6-8,16H,9-10H2,1-5H3. The first kappa shape index (κ1) is 14.2. The summed E-state index contributed by atoms with van der Waals surface area (Å²) in [7, 11) is 3.29. The van der Waals surface area contributed by atoms with Gasteiger partial charge in [0.2, 0.25) is 0 Å². The van der Waals surface area contributed by atoms with Gasteiger partial charge in [-0.15, -0.1) is 0 Å². The number of morpholine rings is 1. The lowest BCUT2D eigenvalue weighted by Crippen LogP contribution is -2.60. The van der Waals surface area contributed by atoms with Gasteiger partial charge in [-0.1, -0.05) is 6.07 Å². The maximum atomic E-state index is 5.75. The third-order valence-electron chi connectivity index (χ3n) is 3.49. The molecule has 0 aromatic heterocycles. The van der Waals surface area contributed by atoms with Crippen LogP contribution in [0.15, 0.2) is 18.2 Å². The molecule has 0 spiro atoms. The quantitative estimate of drug-likeness (QED) is 0.910.